The van der Waals surface area contributed by atoms with Gasteiger partial charge in [-0.25, -0.2) is 9.38 Å². The molecular weight excluding hydrogens is 393 g/mol. The van der Waals surface area contributed by atoms with Crippen LogP contribution in [0.1, 0.15) is 49.8 Å². The van der Waals surface area contributed by atoms with Crippen LogP contribution in [-0.4, -0.2) is 29.1 Å². The van der Waals surface area contributed by atoms with E-state index in [0.717, 1.165) is 35.7 Å². The number of nitrogens with zero attached hydrogens (tertiary/aromatic N) is 3. The highest BCUT2D eigenvalue weighted by molar-refractivity contribution is 6.28. The number of unbranched alkanes of at least 4 members (excludes halogenated alkanes) is 1. The molecule has 2 N–H and O–H groups in total. The lowest BCUT2D eigenvalue weighted by molar-refractivity contribution is -0.131. The van der Waals surface area contributed by atoms with Crippen LogP contribution in [0.15, 0.2) is 41.4 Å². The van der Waals surface area contributed by atoms with Gasteiger partial charge in [-0.05, 0) is 46.9 Å². The van der Waals surface area contributed by atoms with Crippen molar-refractivity contribution in [3.8, 4) is 17.2 Å². The predicted octanol–water partition coefficient (Wildman–Crippen LogP) is 5.10. The predicted molar refractivity (Wildman–Crippen MR) is 121 cm³/mol. The first kappa shape index (κ1) is 23.6. The second-order valence-electron chi connectivity index (χ2n) is 7.02. The average molecular weight is 420 g/mol. The maximum absolute atomic E-state index is 13.3. The van der Waals surface area contributed by atoms with Gasteiger partial charge in [0.2, 0.25) is 5.91 Å². The number of carbonyl (C=O) groups excluding carboxylic acids is 1. The lowest BCUT2D eigenvalue weighted by atomic mass is 9.97. The highest BCUT2D eigenvalue weighted by Crippen LogP contribution is 2.30. The van der Waals surface area contributed by atoms with Crippen LogP contribution in [0.4, 0.5) is 4.39 Å². The Hall–Kier alpha value is -3.66. The third kappa shape index (κ3) is 6.41. The fourth-order valence-corrected chi connectivity index (χ4v) is 3.15. The van der Waals surface area contributed by atoms with E-state index in [1.165, 1.54) is 12.1 Å². The number of hydrogen-bond donors (Lipinski definition) is 2. The molecule has 0 unspecified atom stereocenters. The first-order valence-corrected chi connectivity index (χ1v) is 10.1. The molecule has 6 nitrogen and oxygen atoms in total. The third-order valence-electron chi connectivity index (χ3n) is 4.78. The zero-order valence-corrected chi connectivity index (χ0v) is 17.8. The van der Waals surface area contributed by atoms with E-state index in [1.807, 2.05) is 43.0 Å². The Labute approximate surface area is 182 Å². The maximum Gasteiger partial charge on any atom is 0.222 e. The van der Waals surface area contributed by atoms with Crippen LogP contribution in [0.3, 0.4) is 0 Å². The number of carbonyl (C=O) groups is 1. The van der Waals surface area contributed by atoms with Gasteiger partial charge in [0, 0.05) is 25.7 Å². The summed E-state index contributed by atoms with van der Waals surface area (Å²) in [6, 6.07) is 12.2. The highest BCUT2D eigenvalue weighted by Gasteiger charge is 2.22. The molecule has 0 spiro atoms. The number of aliphatic imine (C=N–C) groups is 1. The lowest BCUT2D eigenvalue weighted by Crippen LogP contribution is -2.23. The van der Waals surface area contributed by atoms with Crippen LogP contribution in [-0.2, 0) is 17.9 Å². The summed E-state index contributed by atoms with van der Waals surface area (Å²) in [4.78, 5) is 17.3. The molecule has 1 heterocycles. The van der Waals surface area contributed by atoms with Gasteiger partial charge in [0.05, 0.1) is 17.8 Å². The van der Waals surface area contributed by atoms with E-state index in [0.29, 0.717) is 30.6 Å². The molecule has 1 aliphatic rings. The van der Waals surface area contributed by atoms with Crippen molar-refractivity contribution in [3.05, 3.63) is 58.9 Å². The van der Waals surface area contributed by atoms with Gasteiger partial charge < -0.3 is 10.3 Å². The summed E-state index contributed by atoms with van der Waals surface area (Å²) in [5.41, 5.74) is 4.13. The number of fused-ring (bicyclic) bond motifs is 1. The Bertz CT molecular complexity index is 1040. The summed E-state index contributed by atoms with van der Waals surface area (Å²) in [5.74, 6) is -0.262. The molecule has 0 radical (unpaired) electrons. The Balaban J connectivity index is 0.000000323. The van der Waals surface area contributed by atoms with Crippen molar-refractivity contribution < 1.29 is 9.18 Å². The molecule has 2 aromatic carbocycles. The number of nitrogens with one attached hydrogen (secondary N) is 2. The summed E-state index contributed by atoms with van der Waals surface area (Å²) >= 11 is 0. The molecule has 1 amide bonds. The van der Waals surface area contributed by atoms with E-state index in [4.69, 9.17) is 10.8 Å². The number of amides is 1. The summed E-state index contributed by atoms with van der Waals surface area (Å²) in [7, 11) is 0. The van der Waals surface area contributed by atoms with Gasteiger partial charge in [-0.1, -0.05) is 38.5 Å². The Morgan fingerprint density at radius 3 is 2.61 bits per heavy atom. The van der Waals surface area contributed by atoms with Crippen molar-refractivity contribution in [2.45, 2.75) is 46.2 Å². The van der Waals surface area contributed by atoms with E-state index < -0.39 is 5.82 Å². The summed E-state index contributed by atoms with van der Waals surface area (Å²) < 4.78 is 13.3. The number of rotatable bonds is 5. The van der Waals surface area contributed by atoms with Crippen molar-refractivity contribution in [1.82, 2.24) is 4.90 Å². The van der Waals surface area contributed by atoms with Gasteiger partial charge in [0.25, 0.3) is 0 Å². The van der Waals surface area contributed by atoms with Crippen LogP contribution < -0.4 is 0 Å². The molecule has 0 aliphatic carbocycles. The minimum Gasteiger partial charge on any atom is -0.334 e. The molecule has 31 heavy (non-hydrogen) atoms. The van der Waals surface area contributed by atoms with Gasteiger partial charge in [0.1, 0.15) is 5.82 Å². The topological polar surface area (TPSA) is 104 Å². The lowest BCUT2D eigenvalue weighted by Gasteiger charge is -2.13. The molecule has 2 aromatic rings. The molecule has 0 fully saturated rings. The zero-order chi connectivity index (χ0) is 22.8. The second kappa shape index (κ2) is 11.5. The first-order chi connectivity index (χ1) is 14.9. The van der Waals surface area contributed by atoms with Crippen molar-refractivity contribution in [2.24, 2.45) is 4.99 Å². The molecular formula is C24H26FN5O. The van der Waals surface area contributed by atoms with Crippen molar-refractivity contribution in [2.75, 3.05) is 0 Å². The Kier molecular flexibility index (Phi) is 8.77. The fraction of sp³-hybridized carbons (Fsp3) is 0.292. The van der Waals surface area contributed by atoms with Gasteiger partial charge >= 0.3 is 0 Å². The van der Waals surface area contributed by atoms with Crippen LogP contribution in [0.25, 0.3) is 11.1 Å². The SMILES string of the molecule is CCC(=O)N1Cc2ccc(-c3ccc(F)cc3C#N)cc2C1.CCCC=NC(=N)C=N. The minimum atomic E-state index is -0.416. The van der Waals surface area contributed by atoms with Gasteiger partial charge in [-0.15, -0.1) is 0 Å². The zero-order valence-electron chi connectivity index (χ0n) is 17.8. The van der Waals surface area contributed by atoms with E-state index in [1.54, 1.807) is 12.3 Å². The first-order valence-electron chi connectivity index (χ1n) is 10.1. The van der Waals surface area contributed by atoms with E-state index >= 15 is 0 Å². The molecule has 160 valence electrons. The number of halogens is 1. The van der Waals surface area contributed by atoms with Crippen molar-refractivity contribution in [1.29, 1.82) is 16.1 Å². The molecule has 3 rings (SSSR count). The smallest absolute Gasteiger partial charge is 0.222 e. The van der Waals surface area contributed by atoms with E-state index in [-0.39, 0.29) is 11.7 Å². The van der Waals surface area contributed by atoms with Gasteiger partial charge in [0.15, 0.2) is 5.84 Å². The number of benzene rings is 2. The third-order valence-corrected chi connectivity index (χ3v) is 4.78. The summed E-state index contributed by atoms with van der Waals surface area (Å²) in [5, 5.41) is 22.6. The second-order valence-corrected chi connectivity index (χ2v) is 7.02. The minimum absolute atomic E-state index is 0.0171. The highest BCUT2D eigenvalue weighted by atomic mass is 19.1. The van der Waals surface area contributed by atoms with Crippen LogP contribution in [0.5, 0.6) is 0 Å². The molecule has 0 saturated carbocycles. The number of nitriles is 1. The van der Waals surface area contributed by atoms with Crippen molar-refractivity contribution in [3.63, 3.8) is 0 Å². The molecule has 0 bridgehead atoms. The molecule has 0 aromatic heterocycles. The van der Waals surface area contributed by atoms with Crippen LogP contribution >= 0.6 is 0 Å². The van der Waals surface area contributed by atoms with Crippen LogP contribution in [0, 0.1) is 28.0 Å². The monoisotopic (exact) mass is 419 g/mol. The Morgan fingerprint density at radius 2 is 1.97 bits per heavy atom. The number of amidine groups is 1. The van der Waals surface area contributed by atoms with E-state index in [9.17, 15) is 14.4 Å². The summed E-state index contributed by atoms with van der Waals surface area (Å²) in [6.45, 7) is 5.13. The van der Waals surface area contributed by atoms with E-state index in [2.05, 4.69) is 4.99 Å². The Morgan fingerprint density at radius 1 is 1.23 bits per heavy atom. The molecule has 1 aliphatic heterocycles. The average Bonchev–Trinajstić information content (AvgIpc) is 3.22. The molecule has 0 saturated heterocycles. The molecule has 0 atom stereocenters. The van der Waals surface area contributed by atoms with Gasteiger partial charge in [-0.3, -0.25) is 10.2 Å². The number of hydrogen-bond acceptors (Lipinski definition) is 4. The van der Waals surface area contributed by atoms with Crippen molar-refractivity contribution >= 4 is 24.2 Å². The standard InChI is InChI=1S/C18H15FN2O.C6H11N3/c1-2-18(22)21-10-13-4-3-12(7-15(13)11-21)17-6-5-16(19)8-14(17)9-20;1-2-3-4-9-6(8)5-7/h3-8H,2,10-11H2,1H3;4-5,7-8H,2-3H2,1H3. The largest absolute Gasteiger partial charge is 0.334 e. The molecule has 7 heteroatoms. The van der Waals surface area contributed by atoms with Crippen LogP contribution in [0.2, 0.25) is 0 Å². The maximum atomic E-state index is 13.3. The summed E-state index contributed by atoms with van der Waals surface area (Å²) in [6.07, 6.45) is 5.00. The normalized spacial score (nSPS) is 12.0. The quantitative estimate of drug-likeness (QED) is 0.520. The fourth-order valence-electron chi connectivity index (χ4n) is 3.15. The van der Waals surface area contributed by atoms with Gasteiger partial charge in [-0.2, -0.15) is 5.26 Å².